The maximum atomic E-state index is 5.90. The quantitative estimate of drug-likeness (QED) is 0.564. The molecule has 1 rings (SSSR count). The summed E-state index contributed by atoms with van der Waals surface area (Å²) in [5.41, 5.74) is 5.46. The molecule has 0 aromatic carbocycles. The molecular formula is C9H15NO. The van der Waals surface area contributed by atoms with Crippen molar-refractivity contribution in [3.05, 3.63) is 0 Å². The number of hydrogen-bond donors (Lipinski definition) is 1. The Morgan fingerprint density at radius 3 is 2.55 bits per heavy atom. The molecule has 0 spiro atoms. The lowest BCUT2D eigenvalue weighted by Gasteiger charge is -2.32. The van der Waals surface area contributed by atoms with Gasteiger partial charge < -0.3 is 10.5 Å². The fourth-order valence-corrected chi connectivity index (χ4v) is 1.42. The number of hydrogen-bond acceptors (Lipinski definition) is 2. The molecule has 62 valence electrons. The number of nitrogens with two attached hydrogens (primary N) is 1. The van der Waals surface area contributed by atoms with Crippen LogP contribution in [-0.2, 0) is 4.74 Å². The van der Waals surface area contributed by atoms with Crippen LogP contribution in [0.15, 0.2) is 0 Å². The van der Waals surface area contributed by atoms with E-state index in [4.69, 9.17) is 16.9 Å². The van der Waals surface area contributed by atoms with Crippen molar-refractivity contribution in [2.45, 2.75) is 25.3 Å². The fourth-order valence-electron chi connectivity index (χ4n) is 1.42. The van der Waals surface area contributed by atoms with Gasteiger partial charge in [0.2, 0.25) is 0 Å². The summed E-state index contributed by atoms with van der Waals surface area (Å²) in [6.07, 6.45) is 7.32. The molecule has 1 saturated heterocycles. The van der Waals surface area contributed by atoms with E-state index in [0.29, 0.717) is 5.92 Å². The van der Waals surface area contributed by atoms with Gasteiger partial charge in [-0.3, -0.25) is 0 Å². The second-order valence-electron chi connectivity index (χ2n) is 3.31. The lowest BCUT2D eigenvalue weighted by molar-refractivity contribution is 0.0517. The Morgan fingerprint density at radius 1 is 1.55 bits per heavy atom. The fraction of sp³-hybridized carbons (Fsp3) is 0.778. The molecule has 0 radical (unpaired) electrons. The maximum absolute atomic E-state index is 5.90. The molecule has 1 heterocycles. The van der Waals surface area contributed by atoms with Gasteiger partial charge in [0.05, 0.1) is 5.54 Å². The second kappa shape index (κ2) is 3.25. The molecule has 0 aliphatic carbocycles. The Hall–Kier alpha value is -0.520. The van der Waals surface area contributed by atoms with Gasteiger partial charge in [0.15, 0.2) is 0 Å². The molecular weight excluding hydrogens is 138 g/mol. The highest BCUT2D eigenvalue weighted by Crippen LogP contribution is 2.24. The van der Waals surface area contributed by atoms with E-state index >= 15 is 0 Å². The third kappa shape index (κ3) is 1.95. The molecule has 1 fully saturated rings. The smallest absolute Gasteiger partial charge is 0.0775 e. The summed E-state index contributed by atoms with van der Waals surface area (Å²) in [6, 6.07) is 0. The lowest BCUT2D eigenvalue weighted by atomic mass is 9.82. The molecule has 1 atom stereocenters. The molecule has 2 heteroatoms. The highest BCUT2D eigenvalue weighted by atomic mass is 16.5. The molecule has 0 saturated carbocycles. The molecule has 1 aliphatic rings. The first-order valence-electron chi connectivity index (χ1n) is 4.01. The summed E-state index contributed by atoms with van der Waals surface area (Å²) in [4.78, 5) is 0. The second-order valence-corrected chi connectivity index (χ2v) is 3.31. The summed E-state index contributed by atoms with van der Waals surface area (Å²) in [7, 11) is 0. The molecule has 0 bridgehead atoms. The zero-order valence-corrected chi connectivity index (χ0v) is 6.97. The zero-order valence-electron chi connectivity index (χ0n) is 6.97. The number of terminal acetylenes is 1. The first-order valence-corrected chi connectivity index (χ1v) is 4.01. The zero-order chi connectivity index (χ0) is 8.32. The monoisotopic (exact) mass is 153 g/mol. The minimum Gasteiger partial charge on any atom is -0.381 e. The van der Waals surface area contributed by atoms with Gasteiger partial charge >= 0.3 is 0 Å². The topological polar surface area (TPSA) is 35.2 Å². The van der Waals surface area contributed by atoms with Crippen molar-refractivity contribution >= 4 is 0 Å². The Bertz CT molecular complexity index is 163. The van der Waals surface area contributed by atoms with E-state index in [1.165, 1.54) is 0 Å². The van der Waals surface area contributed by atoms with Crippen molar-refractivity contribution in [1.82, 2.24) is 0 Å². The van der Waals surface area contributed by atoms with E-state index in [1.54, 1.807) is 0 Å². The van der Waals surface area contributed by atoms with Crippen molar-refractivity contribution in [1.29, 1.82) is 0 Å². The summed E-state index contributed by atoms with van der Waals surface area (Å²) in [6.45, 7) is 3.53. The summed E-state index contributed by atoms with van der Waals surface area (Å²) in [5.74, 6) is 3.06. The van der Waals surface area contributed by atoms with Gasteiger partial charge in [0.1, 0.15) is 0 Å². The van der Waals surface area contributed by atoms with E-state index in [-0.39, 0.29) is 0 Å². The van der Waals surface area contributed by atoms with Gasteiger partial charge in [0.25, 0.3) is 0 Å². The number of rotatable bonds is 1. The standard InChI is InChI=1S/C9H15NO/c1-3-9(2,10)8-4-6-11-7-5-8/h1,8H,4-7,10H2,2H3. The normalized spacial score (nSPS) is 25.5. The third-order valence-corrected chi connectivity index (χ3v) is 2.38. The van der Waals surface area contributed by atoms with Crippen LogP contribution in [0, 0.1) is 18.3 Å². The molecule has 1 unspecified atom stereocenters. The molecule has 0 amide bonds. The van der Waals surface area contributed by atoms with Gasteiger partial charge in [0, 0.05) is 13.2 Å². The molecule has 0 aromatic rings. The van der Waals surface area contributed by atoms with Gasteiger partial charge in [-0.05, 0) is 25.7 Å². The average molecular weight is 153 g/mol. The van der Waals surface area contributed by atoms with E-state index in [0.717, 1.165) is 26.1 Å². The van der Waals surface area contributed by atoms with Crippen LogP contribution in [0.2, 0.25) is 0 Å². The highest BCUT2D eigenvalue weighted by molar-refractivity contribution is 5.11. The van der Waals surface area contributed by atoms with Crippen LogP contribution in [0.3, 0.4) is 0 Å². The molecule has 11 heavy (non-hydrogen) atoms. The Kier molecular flexibility index (Phi) is 2.53. The summed E-state index contributed by atoms with van der Waals surface area (Å²) >= 11 is 0. The Labute approximate surface area is 68.1 Å². The third-order valence-electron chi connectivity index (χ3n) is 2.38. The Morgan fingerprint density at radius 2 is 2.09 bits per heavy atom. The summed E-state index contributed by atoms with van der Waals surface area (Å²) in [5, 5.41) is 0. The van der Waals surface area contributed by atoms with Gasteiger partial charge in [-0.2, -0.15) is 0 Å². The van der Waals surface area contributed by atoms with Gasteiger partial charge in [-0.1, -0.05) is 5.92 Å². The first kappa shape index (κ1) is 8.58. The van der Waals surface area contributed by atoms with E-state index in [2.05, 4.69) is 5.92 Å². The predicted molar refractivity (Wildman–Crippen MR) is 45.0 cm³/mol. The maximum Gasteiger partial charge on any atom is 0.0775 e. The van der Waals surface area contributed by atoms with Gasteiger partial charge in [-0.25, -0.2) is 0 Å². The van der Waals surface area contributed by atoms with Crippen LogP contribution in [-0.4, -0.2) is 18.8 Å². The first-order chi connectivity index (χ1) is 5.17. The molecule has 0 aromatic heterocycles. The lowest BCUT2D eigenvalue weighted by Crippen LogP contribution is -2.45. The van der Waals surface area contributed by atoms with Crippen molar-refractivity contribution < 1.29 is 4.74 Å². The van der Waals surface area contributed by atoms with E-state index in [9.17, 15) is 0 Å². The molecule has 2 nitrogen and oxygen atoms in total. The van der Waals surface area contributed by atoms with Crippen molar-refractivity contribution in [2.24, 2.45) is 11.7 Å². The largest absolute Gasteiger partial charge is 0.381 e. The van der Waals surface area contributed by atoms with Gasteiger partial charge in [-0.15, -0.1) is 6.42 Å². The predicted octanol–water partition coefficient (Wildman–Crippen LogP) is 0.764. The average Bonchev–Trinajstić information content (AvgIpc) is 2.06. The van der Waals surface area contributed by atoms with Crippen molar-refractivity contribution in [3.8, 4) is 12.3 Å². The van der Waals surface area contributed by atoms with Crippen LogP contribution in [0.4, 0.5) is 0 Å². The van der Waals surface area contributed by atoms with Crippen molar-refractivity contribution in [2.75, 3.05) is 13.2 Å². The van der Waals surface area contributed by atoms with E-state index < -0.39 is 5.54 Å². The minimum atomic E-state index is -0.441. The van der Waals surface area contributed by atoms with E-state index in [1.807, 2.05) is 6.92 Å². The van der Waals surface area contributed by atoms with Crippen LogP contribution in [0.5, 0.6) is 0 Å². The molecule has 2 N–H and O–H groups in total. The number of ether oxygens (including phenoxy) is 1. The molecule has 1 aliphatic heterocycles. The minimum absolute atomic E-state index is 0.432. The van der Waals surface area contributed by atoms with Crippen LogP contribution < -0.4 is 5.73 Å². The SMILES string of the molecule is C#CC(C)(N)C1CCOCC1. The highest BCUT2D eigenvalue weighted by Gasteiger charge is 2.29. The van der Waals surface area contributed by atoms with Crippen molar-refractivity contribution in [3.63, 3.8) is 0 Å². The van der Waals surface area contributed by atoms with Crippen LogP contribution in [0.1, 0.15) is 19.8 Å². The van der Waals surface area contributed by atoms with Crippen LogP contribution >= 0.6 is 0 Å². The summed E-state index contributed by atoms with van der Waals surface area (Å²) < 4.78 is 5.22. The van der Waals surface area contributed by atoms with Crippen LogP contribution in [0.25, 0.3) is 0 Å². The Balaban J connectivity index is 2.52.